The highest BCUT2D eigenvalue weighted by molar-refractivity contribution is 6.01. The van der Waals surface area contributed by atoms with E-state index in [0.29, 0.717) is 64.5 Å². The van der Waals surface area contributed by atoms with Gasteiger partial charge in [-0.2, -0.15) is 0 Å². The molecule has 0 rings (SSSR count). The van der Waals surface area contributed by atoms with Crippen LogP contribution in [0.3, 0.4) is 0 Å². The molecule has 0 saturated heterocycles. The van der Waals surface area contributed by atoms with E-state index in [4.69, 9.17) is 24.7 Å². The average molecular weight is 787 g/mol. The van der Waals surface area contributed by atoms with E-state index >= 15 is 0 Å². The highest BCUT2D eigenvalue weighted by Gasteiger charge is 2.24. The van der Waals surface area contributed by atoms with Crippen LogP contribution in [0.25, 0.3) is 0 Å². The van der Waals surface area contributed by atoms with Gasteiger partial charge in [0.15, 0.2) is 0 Å². The van der Waals surface area contributed by atoms with Crippen molar-refractivity contribution in [2.45, 2.75) is 169 Å². The average Bonchev–Trinajstić information content (AvgIpc) is 2.97. The predicted octanol–water partition coefficient (Wildman–Crippen LogP) is 4.49. The molecule has 0 aliphatic heterocycles. The van der Waals surface area contributed by atoms with Gasteiger partial charge in [-0.05, 0) is 134 Å². The van der Waals surface area contributed by atoms with Gasteiger partial charge in [-0.1, -0.05) is 0 Å². The van der Waals surface area contributed by atoms with Crippen molar-refractivity contribution >= 4 is 42.1 Å². The molecule has 0 aliphatic carbocycles. The normalized spacial score (nSPS) is 12.9. The maximum Gasteiger partial charge on any atom is 0.414 e. The van der Waals surface area contributed by atoms with E-state index in [1.165, 1.54) is 0 Å². The monoisotopic (exact) mass is 787 g/mol. The predicted molar refractivity (Wildman–Crippen MR) is 209 cm³/mol. The Morgan fingerprint density at radius 1 is 0.509 bits per heavy atom. The molecule has 18 heteroatoms. The lowest BCUT2D eigenvalue weighted by Crippen LogP contribution is -2.51. The Hall–Kier alpha value is -4.35. The standard InChI is InChI=1S/C37H70N8O10/c1-34(2,3)52-30(48)41-23-15-13-19-25(38)27(46)43-26(20-14-16-24-42-31(49)53-35(4,5)6)28(47)39-21-17-18-22-40-29(44-32(50)54-36(7,8)9)45-33(51)55-37(10,11)12/h25-26H,13-24,38H2,1-12H3,(H,39,47)(H,41,48)(H,42,49)(H,43,46)(H2,40,44,45,50,51)/t25-,26-/m0/s1. The molecule has 0 unspecified atom stereocenters. The first-order valence-corrected chi connectivity index (χ1v) is 19.0. The summed E-state index contributed by atoms with van der Waals surface area (Å²) in [7, 11) is 0. The molecule has 0 aromatic heterocycles. The Kier molecular flexibility index (Phi) is 22.3. The van der Waals surface area contributed by atoms with E-state index in [9.17, 15) is 28.8 Å². The number of nitrogens with one attached hydrogen (secondary N) is 6. The summed E-state index contributed by atoms with van der Waals surface area (Å²) in [5.74, 6) is -1.03. The highest BCUT2D eigenvalue weighted by Crippen LogP contribution is 2.10. The summed E-state index contributed by atoms with van der Waals surface area (Å²) in [6.45, 7) is 21.9. The van der Waals surface area contributed by atoms with Crippen molar-refractivity contribution in [2.75, 3.05) is 26.2 Å². The zero-order chi connectivity index (χ0) is 42.5. The minimum Gasteiger partial charge on any atom is -0.444 e. The molecule has 318 valence electrons. The number of carbonyl (C=O) groups is 6. The first kappa shape index (κ1) is 50.6. The summed E-state index contributed by atoms with van der Waals surface area (Å²) in [5, 5.41) is 15.8. The molecule has 8 N–H and O–H groups in total. The molecule has 2 atom stereocenters. The van der Waals surface area contributed by atoms with E-state index in [1.54, 1.807) is 83.1 Å². The Labute approximate surface area is 327 Å². The third-order valence-electron chi connectivity index (χ3n) is 6.56. The number of amides is 6. The van der Waals surface area contributed by atoms with E-state index in [-0.39, 0.29) is 19.0 Å². The van der Waals surface area contributed by atoms with Gasteiger partial charge in [0, 0.05) is 26.2 Å². The van der Waals surface area contributed by atoms with Crippen molar-refractivity contribution in [3.05, 3.63) is 0 Å². The van der Waals surface area contributed by atoms with Gasteiger partial charge < -0.3 is 45.9 Å². The maximum absolute atomic E-state index is 13.2. The van der Waals surface area contributed by atoms with Gasteiger partial charge in [0.25, 0.3) is 0 Å². The van der Waals surface area contributed by atoms with Crippen molar-refractivity contribution < 1.29 is 47.7 Å². The zero-order valence-corrected chi connectivity index (χ0v) is 35.2. The molecular formula is C37H70N8O10. The Morgan fingerprint density at radius 2 is 0.891 bits per heavy atom. The van der Waals surface area contributed by atoms with Crippen LogP contribution in [0.1, 0.15) is 134 Å². The molecule has 0 spiro atoms. The molecule has 0 fully saturated rings. The van der Waals surface area contributed by atoms with E-state index in [2.05, 4.69) is 36.9 Å². The van der Waals surface area contributed by atoms with Crippen LogP contribution >= 0.6 is 0 Å². The van der Waals surface area contributed by atoms with Crippen LogP contribution in [0.4, 0.5) is 19.2 Å². The van der Waals surface area contributed by atoms with Gasteiger partial charge in [-0.25, -0.2) is 19.2 Å². The number of alkyl carbamates (subject to hydrolysis) is 4. The minimum atomic E-state index is -0.880. The van der Waals surface area contributed by atoms with E-state index in [0.717, 1.165) is 0 Å². The van der Waals surface area contributed by atoms with Gasteiger partial charge in [0.05, 0.1) is 6.04 Å². The van der Waals surface area contributed by atoms with Crippen LogP contribution in [-0.4, -0.2) is 103 Å². The van der Waals surface area contributed by atoms with E-state index < -0.39 is 70.7 Å². The Morgan fingerprint density at radius 3 is 1.33 bits per heavy atom. The zero-order valence-electron chi connectivity index (χ0n) is 35.2. The topological polar surface area (TPSA) is 250 Å². The van der Waals surface area contributed by atoms with Gasteiger partial charge in [0.1, 0.15) is 28.4 Å². The first-order chi connectivity index (χ1) is 25.2. The number of hydrogen-bond donors (Lipinski definition) is 7. The molecule has 0 bridgehead atoms. The van der Waals surface area contributed by atoms with Crippen LogP contribution in [0, 0.1) is 0 Å². The van der Waals surface area contributed by atoms with Crippen LogP contribution in [0.2, 0.25) is 0 Å². The van der Waals surface area contributed by atoms with Crippen molar-refractivity contribution in [3.63, 3.8) is 0 Å². The van der Waals surface area contributed by atoms with Crippen molar-refractivity contribution in [1.29, 1.82) is 0 Å². The number of hydrogen-bond acceptors (Lipinski definition) is 12. The molecule has 0 aromatic carbocycles. The lowest BCUT2D eigenvalue weighted by molar-refractivity contribution is -0.129. The fourth-order valence-corrected chi connectivity index (χ4v) is 4.32. The SMILES string of the molecule is CC(C)(C)OC(=O)NCCCC[C@H](NC(=O)[C@@H](N)CCCCNC(=O)OC(C)(C)C)C(=O)NCCCCN=C(NC(=O)OC(C)(C)C)NC(=O)OC(C)(C)C. The van der Waals surface area contributed by atoms with Crippen LogP contribution in [-0.2, 0) is 28.5 Å². The van der Waals surface area contributed by atoms with Crippen molar-refractivity contribution in [2.24, 2.45) is 10.7 Å². The summed E-state index contributed by atoms with van der Waals surface area (Å²) in [6.07, 6.45) is 1.08. The number of guanidine groups is 1. The Bertz CT molecular complexity index is 1230. The second-order valence-electron chi connectivity index (χ2n) is 17.0. The first-order valence-electron chi connectivity index (χ1n) is 19.0. The number of aliphatic imine (C=N–C) groups is 1. The summed E-state index contributed by atoms with van der Waals surface area (Å²) in [5.41, 5.74) is 3.36. The summed E-state index contributed by atoms with van der Waals surface area (Å²) >= 11 is 0. The smallest absolute Gasteiger partial charge is 0.414 e. The van der Waals surface area contributed by atoms with Crippen LogP contribution < -0.4 is 37.6 Å². The van der Waals surface area contributed by atoms with Crippen molar-refractivity contribution in [1.82, 2.24) is 31.9 Å². The summed E-state index contributed by atoms with van der Waals surface area (Å²) in [6, 6.07) is -1.75. The molecule has 6 amide bonds. The minimum absolute atomic E-state index is 0.146. The lowest BCUT2D eigenvalue weighted by Gasteiger charge is -2.22. The van der Waals surface area contributed by atoms with Gasteiger partial charge in [0.2, 0.25) is 17.8 Å². The second kappa shape index (κ2) is 24.2. The number of ether oxygens (including phenoxy) is 4. The van der Waals surface area contributed by atoms with E-state index in [1.807, 2.05) is 0 Å². The van der Waals surface area contributed by atoms with Gasteiger partial charge in [-0.3, -0.25) is 25.2 Å². The molecule has 18 nitrogen and oxygen atoms in total. The Balaban J connectivity index is 5.23. The lowest BCUT2D eigenvalue weighted by atomic mass is 10.1. The molecular weight excluding hydrogens is 716 g/mol. The third kappa shape index (κ3) is 30.6. The quantitative estimate of drug-likeness (QED) is 0.0441. The molecule has 0 aromatic rings. The van der Waals surface area contributed by atoms with Gasteiger partial charge >= 0.3 is 24.4 Å². The van der Waals surface area contributed by atoms with Crippen molar-refractivity contribution in [3.8, 4) is 0 Å². The largest absolute Gasteiger partial charge is 0.444 e. The molecule has 0 radical (unpaired) electrons. The summed E-state index contributed by atoms with van der Waals surface area (Å²) < 4.78 is 21.0. The fraction of sp³-hybridized carbons (Fsp3) is 0.811. The van der Waals surface area contributed by atoms with Crippen LogP contribution in [0.5, 0.6) is 0 Å². The molecule has 55 heavy (non-hydrogen) atoms. The maximum atomic E-state index is 13.2. The third-order valence-corrected chi connectivity index (χ3v) is 6.56. The number of unbranched alkanes of at least 4 members (excludes halogenated alkanes) is 3. The number of carbonyl (C=O) groups excluding carboxylic acids is 6. The molecule has 0 aliphatic rings. The van der Waals surface area contributed by atoms with Crippen LogP contribution in [0.15, 0.2) is 4.99 Å². The molecule has 0 heterocycles. The number of nitrogens with two attached hydrogens (primary N) is 1. The second-order valence-corrected chi connectivity index (χ2v) is 17.0. The fourth-order valence-electron chi connectivity index (χ4n) is 4.32. The highest BCUT2D eigenvalue weighted by atomic mass is 16.6. The number of nitrogens with zero attached hydrogens (tertiary/aromatic N) is 1. The number of rotatable bonds is 18. The molecule has 0 saturated carbocycles. The van der Waals surface area contributed by atoms with Gasteiger partial charge in [-0.15, -0.1) is 0 Å². The summed E-state index contributed by atoms with van der Waals surface area (Å²) in [4.78, 5) is 79.0.